The molecule has 0 bridgehead atoms. The number of rotatable bonds is 2. The topological polar surface area (TPSA) is 37.3 Å². The summed E-state index contributed by atoms with van der Waals surface area (Å²) in [5.41, 5.74) is 0. The maximum atomic E-state index is 10.7. The van der Waals surface area contributed by atoms with Crippen molar-refractivity contribution in [2.45, 2.75) is 83.7 Å². The van der Waals surface area contributed by atoms with Crippen LogP contribution in [0.2, 0.25) is 0 Å². The standard InChI is InChI=1S/C9H16O.C6H12O/c1-8(10)7-9-5-3-2-4-6-9;7-6-4-2-1-3-5-6/h9H,2-7H2,1H3;6-7H,1-5H2. The third-order valence-electron chi connectivity index (χ3n) is 3.88. The third-order valence-corrected chi connectivity index (χ3v) is 3.88. The molecule has 0 unspecified atom stereocenters. The van der Waals surface area contributed by atoms with E-state index in [1.54, 1.807) is 6.92 Å². The third kappa shape index (κ3) is 7.54. The van der Waals surface area contributed by atoms with Gasteiger partial charge in [0.2, 0.25) is 0 Å². The van der Waals surface area contributed by atoms with Crippen LogP contribution in [0.1, 0.15) is 77.6 Å². The van der Waals surface area contributed by atoms with E-state index in [0.29, 0.717) is 5.78 Å². The molecule has 0 atom stereocenters. The fourth-order valence-corrected chi connectivity index (χ4v) is 2.88. The molecular weight excluding hydrogens is 212 g/mol. The van der Waals surface area contributed by atoms with Crippen molar-refractivity contribution in [3.05, 3.63) is 0 Å². The number of hydrogen-bond acceptors (Lipinski definition) is 2. The number of Topliss-reactive ketones (excluding diaryl/α,β-unsaturated/α-hetero) is 1. The minimum absolute atomic E-state index is 0.0359. The van der Waals surface area contributed by atoms with Crippen molar-refractivity contribution in [2.24, 2.45) is 5.92 Å². The Morgan fingerprint density at radius 3 is 1.76 bits per heavy atom. The molecule has 17 heavy (non-hydrogen) atoms. The number of carbonyl (C=O) groups excluding carboxylic acids is 1. The SMILES string of the molecule is CC(=O)CC1CCCCC1.OC1CCCCC1. The monoisotopic (exact) mass is 240 g/mol. The van der Waals surface area contributed by atoms with Crippen LogP contribution in [0.4, 0.5) is 0 Å². The summed E-state index contributed by atoms with van der Waals surface area (Å²) >= 11 is 0. The van der Waals surface area contributed by atoms with Crippen molar-refractivity contribution in [2.75, 3.05) is 0 Å². The normalized spacial score (nSPS) is 22.7. The molecule has 0 amide bonds. The summed E-state index contributed by atoms with van der Waals surface area (Å²) < 4.78 is 0. The van der Waals surface area contributed by atoms with Crippen molar-refractivity contribution < 1.29 is 9.90 Å². The lowest BCUT2D eigenvalue weighted by Crippen LogP contribution is -2.09. The molecule has 0 aliphatic heterocycles. The van der Waals surface area contributed by atoms with Crippen LogP contribution in [-0.4, -0.2) is 17.0 Å². The second-order valence-corrected chi connectivity index (χ2v) is 5.70. The van der Waals surface area contributed by atoms with E-state index < -0.39 is 0 Å². The molecule has 2 saturated carbocycles. The molecule has 0 spiro atoms. The Labute approximate surface area is 106 Å². The Morgan fingerprint density at radius 2 is 1.41 bits per heavy atom. The van der Waals surface area contributed by atoms with Crippen molar-refractivity contribution in [1.82, 2.24) is 0 Å². The molecule has 0 radical (unpaired) electrons. The van der Waals surface area contributed by atoms with Gasteiger partial charge in [-0.2, -0.15) is 0 Å². The van der Waals surface area contributed by atoms with Gasteiger partial charge in [0.25, 0.3) is 0 Å². The molecule has 2 rings (SSSR count). The molecule has 2 fully saturated rings. The predicted molar refractivity (Wildman–Crippen MR) is 71.0 cm³/mol. The number of carbonyl (C=O) groups is 1. The van der Waals surface area contributed by atoms with E-state index in [1.807, 2.05) is 0 Å². The first kappa shape index (κ1) is 14.7. The zero-order chi connectivity index (χ0) is 12.5. The Morgan fingerprint density at radius 1 is 0.941 bits per heavy atom. The van der Waals surface area contributed by atoms with Crippen molar-refractivity contribution in [3.8, 4) is 0 Å². The molecule has 2 aliphatic carbocycles. The Kier molecular flexibility index (Phi) is 7.50. The minimum atomic E-state index is 0.0359. The molecule has 2 heteroatoms. The molecule has 0 aromatic heterocycles. The first-order valence-corrected chi connectivity index (χ1v) is 7.36. The molecule has 0 aromatic carbocycles. The van der Waals surface area contributed by atoms with Gasteiger partial charge >= 0.3 is 0 Å². The summed E-state index contributed by atoms with van der Waals surface area (Å²) in [6, 6.07) is 0. The maximum Gasteiger partial charge on any atom is 0.130 e. The van der Waals surface area contributed by atoms with Crippen LogP contribution < -0.4 is 0 Å². The lowest BCUT2D eigenvalue weighted by atomic mass is 9.86. The highest BCUT2D eigenvalue weighted by molar-refractivity contribution is 5.75. The quantitative estimate of drug-likeness (QED) is 0.796. The fraction of sp³-hybridized carbons (Fsp3) is 0.933. The maximum absolute atomic E-state index is 10.7. The van der Waals surface area contributed by atoms with Crippen LogP contribution in [-0.2, 0) is 4.79 Å². The highest BCUT2D eigenvalue weighted by Crippen LogP contribution is 2.26. The predicted octanol–water partition coefficient (Wildman–Crippen LogP) is 3.86. The van der Waals surface area contributed by atoms with E-state index in [1.165, 1.54) is 51.4 Å². The van der Waals surface area contributed by atoms with Crippen LogP contribution in [0.5, 0.6) is 0 Å². The molecule has 100 valence electrons. The van der Waals surface area contributed by atoms with E-state index in [2.05, 4.69) is 0 Å². The average Bonchev–Trinajstić information content (AvgIpc) is 2.31. The molecular formula is C15H28O2. The summed E-state index contributed by atoms with van der Waals surface area (Å²) in [5, 5.41) is 8.91. The summed E-state index contributed by atoms with van der Waals surface area (Å²) in [5.74, 6) is 1.10. The van der Waals surface area contributed by atoms with Gasteiger partial charge < -0.3 is 9.90 Å². The number of ketones is 1. The molecule has 2 aliphatic rings. The summed E-state index contributed by atoms with van der Waals surface area (Å²) in [6.45, 7) is 1.70. The van der Waals surface area contributed by atoms with Crippen LogP contribution >= 0.6 is 0 Å². The van der Waals surface area contributed by atoms with Gasteiger partial charge in [-0.15, -0.1) is 0 Å². The van der Waals surface area contributed by atoms with Crippen molar-refractivity contribution >= 4 is 5.78 Å². The molecule has 0 heterocycles. The van der Waals surface area contributed by atoms with Gasteiger partial charge in [0.05, 0.1) is 6.10 Å². The van der Waals surface area contributed by atoms with Gasteiger partial charge in [0.15, 0.2) is 0 Å². The molecule has 1 N–H and O–H groups in total. The Hall–Kier alpha value is -0.370. The minimum Gasteiger partial charge on any atom is -0.393 e. The highest BCUT2D eigenvalue weighted by Gasteiger charge is 2.14. The first-order valence-electron chi connectivity index (χ1n) is 7.36. The first-order chi connectivity index (χ1) is 8.18. The van der Waals surface area contributed by atoms with E-state index in [9.17, 15) is 4.79 Å². The van der Waals surface area contributed by atoms with Crippen LogP contribution in [0.3, 0.4) is 0 Å². The summed E-state index contributed by atoms with van der Waals surface area (Å²) in [7, 11) is 0. The second-order valence-electron chi connectivity index (χ2n) is 5.70. The Balaban J connectivity index is 0.000000181. The lowest BCUT2D eigenvalue weighted by molar-refractivity contribution is -0.118. The zero-order valence-corrected chi connectivity index (χ0v) is 11.3. The number of hydrogen-bond donors (Lipinski definition) is 1. The largest absolute Gasteiger partial charge is 0.393 e. The summed E-state index contributed by atoms with van der Waals surface area (Å²) in [4.78, 5) is 10.7. The molecule has 2 nitrogen and oxygen atoms in total. The van der Waals surface area contributed by atoms with Gasteiger partial charge in [-0.3, -0.25) is 0 Å². The number of aliphatic hydroxyl groups excluding tert-OH is 1. The van der Waals surface area contributed by atoms with Crippen molar-refractivity contribution in [1.29, 1.82) is 0 Å². The van der Waals surface area contributed by atoms with Crippen molar-refractivity contribution in [3.63, 3.8) is 0 Å². The van der Waals surface area contributed by atoms with Crippen LogP contribution in [0, 0.1) is 5.92 Å². The van der Waals surface area contributed by atoms with Gasteiger partial charge in [-0.25, -0.2) is 0 Å². The smallest absolute Gasteiger partial charge is 0.130 e. The van der Waals surface area contributed by atoms with E-state index >= 15 is 0 Å². The van der Waals surface area contributed by atoms with E-state index in [0.717, 1.165) is 25.2 Å². The van der Waals surface area contributed by atoms with Gasteiger partial charge in [-0.1, -0.05) is 51.4 Å². The lowest BCUT2D eigenvalue weighted by Gasteiger charge is -2.19. The van der Waals surface area contributed by atoms with Crippen LogP contribution in [0.25, 0.3) is 0 Å². The molecule has 0 saturated heterocycles. The summed E-state index contributed by atoms with van der Waals surface area (Å²) in [6.07, 6.45) is 13.4. The van der Waals surface area contributed by atoms with Crippen LogP contribution in [0.15, 0.2) is 0 Å². The Bertz CT molecular complexity index is 201. The van der Waals surface area contributed by atoms with Gasteiger partial charge in [0, 0.05) is 6.42 Å². The zero-order valence-electron chi connectivity index (χ0n) is 11.3. The fourth-order valence-electron chi connectivity index (χ4n) is 2.88. The van der Waals surface area contributed by atoms with Gasteiger partial charge in [-0.05, 0) is 25.7 Å². The van der Waals surface area contributed by atoms with E-state index in [-0.39, 0.29) is 6.10 Å². The highest BCUT2D eigenvalue weighted by atomic mass is 16.3. The number of aliphatic hydroxyl groups is 1. The average molecular weight is 240 g/mol. The second kappa shape index (κ2) is 8.68. The van der Waals surface area contributed by atoms with Gasteiger partial charge in [0.1, 0.15) is 5.78 Å². The molecule has 0 aromatic rings. The van der Waals surface area contributed by atoms with E-state index in [4.69, 9.17) is 5.11 Å².